The number of carbonyl (C=O) groups excluding carboxylic acids is 1. The number of carbonyl (C=O) groups is 1. The molecule has 1 amide bonds. The average Bonchev–Trinajstić information content (AvgIpc) is 3.17. The van der Waals surface area contributed by atoms with Gasteiger partial charge >= 0.3 is 0 Å². The fourth-order valence-electron chi connectivity index (χ4n) is 2.56. The smallest absolute Gasteiger partial charge is 0.250 e. The summed E-state index contributed by atoms with van der Waals surface area (Å²) in [5.41, 5.74) is 2.48. The molecular formula is C22H18Cl2N2O3S. The molecule has 154 valence electrons. The molecular weight excluding hydrogens is 443 g/mol. The van der Waals surface area contributed by atoms with E-state index in [1.807, 2.05) is 31.2 Å². The number of rotatable bonds is 5. The van der Waals surface area contributed by atoms with Crippen molar-refractivity contribution in [2.24, 2.45) is 0 Å². The molecule has 2 N–H and O–H groups in total. The zero-order chi connectivity index (χ0) is 21.7. The lowest BCUT2D eigenvalue weighted by Gasteiger charge is -2.10. The largest absolute Gasteiger partial charge is 0.495 e. The molecule has 2 aromatic carbocycles. The maximum absolute atomic E-state index is 12.1. The molecule has 0 bridgehead atoms. The molecule has 0 saturated heterocycles. The highest BCUT2D eigenvalue weighted by Crippen LogP contribution is 2.28. The summed E-state index contributed by atoms with van der Waals surface area (Å²) in [6, 6.07) is 14.4. The van der Waals surface area contributed by atoms with Crippen molar-refractivity contribution in [3.8, 4) is 17.1 Å². The van der Waals surface area contributed by atoms with Gasteiger partial charge in [0.15, 0.2) is 5.11 Å². The van der Waals surface area contributed by atoms with Crippen LogP contribution in [0, 0.1) is 6.92 Å². The first-order chi connectivity index (χ1) is 14.4. The maximum Gasteiger partial charge on any atom is 0.250 e. The predicted octanol–water partition coefficient (Wildman–Crippen LogP) is 6.10. The van der Waals surface area contributed by atoms with E-state index in [4.69, 9.17) is 44.6 Å². The quantitative estimate of drug-likeness (QED) is 0.355. The van der Waals surface area contributed by atoms with Crippen LogP contribution in [-0.2, 0) is 4.79 Å². The van der Waals surface area contributed by atoms with Gasteiger partial charge in [-0.1, -0.05) is 35.3 Å². The fraction of sp³-hybridized carbons (Fsp3) is 0.0909. The van der Waals surface area contributed by atoms with Gasteiger partial charge in [-0.2, -0.15) is 0 Å². The molecule has 30 heavy (non-hydrogen) atoms. The van der Waals surface area contributed by atoms with Gasteiger partial charge in [-0.3, -0.25) is 10.1 Å². The van der Waals surface area contributed by atoms with E-state index in [0.29, 0.717) is 33.0 Å². The number of benzene rings is 2. The number of ether oxygens (including phenoxy) is 1. The van der Waals surface area contributed by atoms with Crippen LogP contribution in [0.2, 0.25) is 10.0 Å². The highest BCUT2D eigenvalue weighted by molar-refractivity contribution is 7.80. The number of nitrogens with one attached hydrogen (secondary N) is 2. The van der Waals surface area contributed by atoms with Crippen molar-refractivity contribution in [1.82, 2.24) is 5.32 Å². The Morgan fingerprint density at radius 3 is 2.60 bits per heavy atom. The molecule has 0 saturated carbocycles. The number of hydrogen-bond donors (Lipinski definition) is 2. The minimum Gasteiger partial charge on any atom is -0.495 e. The van der Waals surface area contributed by atoms with Crippen LogP contribution in [0.3, 0.4) is 0 Å². The van der Waals surface area contributed by atoms with Crippen molar-refractivity contribution >= 4 is 58.2 Å². The first-order valence-corrected chi connectivity index (χ1v) is 10.0. The monoisotopic (exact) mass is 460 g/mol. The van der Waals surface area contributed by atoms with Gasteiger partial charge in [0.2, 0.25) is 5.91 Å². The Bertz CT molecular complexity index is 1130. The van der Waals surface area contributed by atoms with Crippen LogP contribution in [-0.4, -0.2) is 18.1 Å². The number of aryl methyl sites for hydroxylation is 1. The Hall–Kier alpha value is -2.80. The van der Waals surface area contributed by atoms with Crippen molar-refractivity contribution < 1.29 is 13.9 Å². The summed E-state index contributed by atoms with van der Waals surface area (Å²) in [7, 11) is 1.53. The normalized spacial score (nSPS) is 10.8. The van der Waals surface area contributed by atoms with E-state index in [-0.39, 0.29) is 5.11 Å². The van der Waals surface area contributed by atoms with E-state index < -0.39 is 5.91 Å². The third kappa shape index (κ3) is 5.63. The highest BCUT2D eigenvalue weighted by atomic mass is 35.5. The Kier molecular flexibility index (Phi) is 7.15. The number of thiocarbonyl (C=S) groups is 1. The SMILES string of the molecule is COc1ccc(NC(=S)NC(=O)/C=C/c2ccc(-c3ccc(C)c(Cl)c3)o2)cc1Cl. The lowest BCUT2D eigenvalue weighted by molar-refractivity contribution is -0.115. The summed E-state index contributed by atoms with van der Waals surface area (Å²) in [5, 5.41) is 6.68. The molecule has 3 aromatic rings. The first kappa shape index (κ1) is 21.9. The number of methoxy groups -OCH3 is 1. The summed E-state index contributed by atoms with van der Waals surface area (Å²) in [6.07, 6.45) is 2.89. The number of halogens is 2. The van der Waals surface area contributed by atoms with Gasteiger partial charge in [0.1, 0.15) is 17.3 Å². The van der Waals surface area contributed by atoms with Gasteiger partial charge in [0, 0.05) is 22.3 Å². The lowest BCUT2D eigenvalue weighted by Crippen LogP contribution is -2.32. The summed E-state index contributed by atoms with van der Waals surface area (Å²) >= 11 is 17.4. The summed E-state index contributed by atoms with van der Waals surface area (Å²) in [5.74, 6) is 1.33. The van der Waals surface area contributed by atoms with Crippen LogP contribution < -0.4 is 15.4 Å². The van der Waals surface area contributed by atoms with Crippen molar-refractivity contribution in [3.63, 3.8) is 0 Å². The number of hydrogen-bond acceptors (Lipinski definition) is 4. The molecule has 0 unspecified atom stereocenters. The van der Waals surface area contributed by atoms with E-state index in [1.54, 1.807) is 30.3 Å². The molecule has 0 aliphatic rings. The topological polar surface area (TPSA) is 63.5 Å². The molecule has 5 nitrogen and oxygen atoms in total. The van der Waals surface area contributed by atoms with Gasteiger partial charge in [-0.25, -0.2) is 0 Å². The minimum absolute atomic E-state index is 0.139. The second-order valence-electron chi connectivity index (χ2n) is 6.29. The molecule has 0 fully saturated rings. The van der Waals surface area contributed by atoms with Crippen LogP contribution in [0.25, 0.3) is 17.4 Å². The first-order valence-electron chi connectivity index (χ1n) is 8.85. The molecule has 0 radical (unpaired) electrons. The Labute approximate surface area is 189 Å². The highest BCUT2D eigenvalue weighted by Gasteiger charge is 2.07. The Morgan fingerprint density at radius 1 is 1.10 bits per heavy atom. The van der Waals surface area contributed by atoms with Gasteiger partial charge < -0.3 is 14.5 Å². The number of furan rings is 1. The maximum atomic E-state index is 12.1. The van der Waals surface area contributed by atoms with Crippen molar-refractivity contribution in [3.05, 3.63) is 76.0 Å². The average molecular weight is 461 g/mol. The molecule has 0 aliphatic heterocycles. The van der Waals surface area contributed by atoms with Gasteiger partial charge in [0.25, 0.3) is 0 Å². The third-order valence-electron chi connectivity index (χ3n) is 4.13. The molecule has 1 aromatic heterocycles. The standard InChI is InChI=1S/C22H18Cl2N2O3S/c1-13-3-4-14(11-17(13)23)19-9-6-16(29-19)7-10-21(27)26-22(30)25-15-5-8-20(28-2)18(24)12-15/h3-12H,1-2H3,(H2,25,26,27,30)/b10-7+. The van der Waals surface area contributed by atoms with Gasteiger partial charge in [-0.15, -0.1) is 0 Å². The van der Waals surface area contributed by atoms with E-state index in [0.717, 1.165) is 11.1 Å². The van der Waals surface area contributed by atoms with Crippen LogP contribution >= 0.6 is 35.4 Å². The molecule has 0 aliphatic carbocycles. The van der Waals surface area contributed by atoms with E-state index >= 15 is 0 Å². The minimum atomic E-state index is -0.400. The lowest BCUT2D eigenvalue weighted by atomic mass is 10.1. The number of anilines is 1. The molecule has 0 spiro atoms. The molecule has 8 heteroatoms. The number of amides is 1. The predicted molar refractivity (Wildman–Crippen MR) is 125 cm³/mol. The summed E-state index contributed by atoms with van der Waals surface area (Å²) < 4.78 is 10.8. The fourth-order valence-corrected chi connectivity index (χ4v) is 3.22. The van der Waals surface area contributed by atoms with Crippen LogP contribution in [0.5, 0.6) is 5.75 Å². The second-order valence-corrected chi connectivity index (χ2v) is 7.51. The molecule has 0 atom stereocenters. The van der Waals surface area contributed by atoms with Crippen LogP contribution in [0.4, 0.5) is 5.69 Å². The Balaban J connectivity index is 1.58. The van der Waals surface area contributed by atoms with Gasteiger partial charge in [-0.05, 0) is 67.2 Å². The van der Waals surface area contributed by atoms with Gasteiger partial charge in [0.05, 0.1) is 12.1 Å². The Morgan fingerprint density at radius 2 is 1.90 bits per heavy atom. The van der Waals surface area contributed by atoms with Crippen LogP contribution in [0.1, 0.15) is 11.3 Å². The van der Waals surface area contributed by atoms with E-state index in [1.165, 1.54) is 13.2 Å². The summed E-state index contributed by atoms with van der Waals surface area (Å²) in [4.78, 5) is 12.1. The molecule has 3 rings (SSSR count). The van der Waals surface area contributed by atoms with E-state index in [9.17, 15) is 4.79 Å². The van der Waals surface area contributed by atoms with Crippen molar-refractivity contribution in [2.45, 2.75) is 6.92 Å². The third-order valence-corrected chi connectivity index (χ3v) is 5.04. The molecule has 1 heterocycles. The zero-order valence-electron chi connectivity index (χ0n) is 16.2. The van der Waals surface area contributed by atoms with Crippen LogP contribution in [0.15, 0.2) is 59.0 Å². The van der Waals surface area contributed by atoms with Crippen molar-refractivity contribution in [2.75, 3.05) is 12.4 Å². The van der Waals surface area contributed by atoms with Crippen molar-refractivity contribution in [1.29, 1.82) is 0 Å². The second kappa shape index (κ2) is 9.80. The zero-order valence-corrected chi connectivity index (χ0v) is 18.5. The summed E-state index contributed by atoms with van der Waals surface area (Å²) in [6.45, 7) is 1.93. The van der Waals surface area contributed by atoms with E-state index in [2.05, 4.69) is 10.6 Å².